The summed E-state index contributed by atoms with van der Waals surface area (Å²) in [6.07, 6.45) is 6.92. The highest BCUT2D eigenvalue weighted by Gasteiger charge is 2.31. The van der Waals surface area contributed by atoms with Crippen LogP contribution in [-0.4, -0.2) is 21.6 Å². The van der Waals surface area contributed by atoms with Gasteiger partial charge in [0.2, 0.25) is 0 Å². The first-order valence-corrected chi connectivity index (χ1v) is 12.9. The van der Waals surface area contributed by atoms with Crippen LogP contribution < -0.4 is 5.32 Å². The Balaban J connectivity index is 0.00000167. The van der Waals surface area contributed by atoms with Gasteiger partial charge >= 0.3 is 0 Å². The number of imidazole rings is 1. The third-order valence-corrected chi connectivity index (χ3v) is 6.49. The van der Waals surface area contributed by atoms with Gasteiger partial charge < -0.3 is 4.57 Å². The maximum Gasteiger partial charge on any atom is 0.112 e. The molecule has 1 unspecified atom stereocenters. The molecule has 0 aliphatic heterocycles. The summed E-state index contributed by atoms with van der Waals surface area (Å²) in [4.78, 5) is 4.41. The second-order valence-corrected chi connectivity index (χ2v) is 9.19. The van der Waals surface area contributed by atoms with Crippen molar-refractivity contribution in [2.24, 2.45) is 0 Å². The summed E-state index contributed by atoms with van der Waals surface area (Å²) in [6, 6.07) is 20.2. The number of hydrogen-bond donors (Lipinski definition) is 1. The van der Waals surface area contributed by atoms with Crippen LogP contribution in [0.25, 0.3) is 11.1 Å². The SMILES string of the molecule is CC.CCC(C#N)NC1CC(c2ccc(-c3ccc(C#CCn4ccnc4C(C)C)cc3)cc2)C1. The van der Waals surface area contributed by atoms with E-state index in [1.54, 1.807) is 0 Å². The molecule has 35 heavy (non-hydrogen) atoms. The molecule has 4 rings (SSSR count). The molecule has 182 valence electrons. The maximum absolute atomic E-state index is 9.12. The van der Waals surface area contributed by atoms with Crippen molar-refractivity contribution in [1.82, 2.24) is 14.9 Å². The zero-order valence-corrected chi connectivity index (χ0v) is 21.8. The lowest BCUT2D eigenvalue weighted by Gasteiger charge is -2.37. The summed E-state index contributed by atoms with van der Waals surface area (Å²) in [7, 11) is 0. The molecule has 3 aromatic rings. The number of rotatable bonds is 7. The van der Waals surface area contributed by atoms with Gasteiger partial charge in [0.1, 0.15) is 5.82 Å². The van der Waals surface area contributed by atoms with Crippen LogP contribution in [0, 0.1) is 23.2 Å². The van der Waals surface area contributed by atoms with Crippen LogP contribution >= 0.6 is 0 Å². The predicted molar refractivity (Wildman–Crippen MR) is 145 cm³/mol. The van der Waals surface area contributed by atoms with Gasteiger partial charge in [-0.25, -0.2) is 4.98 Å². The van der Waals surface area contributed by atoms with Gasteiger partial charge in [0, 0.05) is 29.9 Å². The monoisotopic (exact) mass is 466 g/mol. The lowest BCUT2D eigenvalue weighted by molar-refractivity contribution is 0.277. The van der Waals surface area contributed by atoms with E-state index in [0.29, 0.717) is 24.4 Å². The molecular formula is C31H38N4. The molecule has 0 bridgehead atoms. The first-order chi connectivity index (χ1) is 17.1. The average molecular weight is 467 g/mol. The van der Waals surface area contributed by atoms with Gasteiger partial charge in [0.05, 0.1) is 18.7 Å². The molecule has 1 saturated carbocycles. The first-order valence-electron chi connectivity index (χ1n) is 12.9. The van der Waals surface area contributed by atoms with Gasteiger partial charge in [-0.05, 0) is 54.0 Å². The molecule has 4 nitrogen and oxygen atoms in total. The van der Waals surface area contributed by atoms with Crippen LogP contribution in [0.4, 0.5) is 0 Å². The smallest absolute Gasteiger partial charge is 0.112 e. The fraction of sp³-hybridized carbons (Fsp3) is 0.419. The molecule has 2 aromatic carbocycles. The van der Waals surface area contributed by atoms with Crippen molar-refractivity contribution in [3.8, 4) is 29.0 Å². The van der Waals surface area contributed by atoms with Crippen LogP contribution in [0.1, 0.15) is 82.7 Å². The second-order valence-electron chi connectivity index (χ2n) is 9.19. The first kappa shape index (κ1) is 26.3. The summed E-state index contributed by atoms with van der Waals surface area (Å²) in [5.74, 6) is 8.60. The van der Waals surface area contributed by atoms with Gasteiger partial charge in [-0.15, -0.1) is 0 Å². The standard InChI is InChI=1S/C29H32N4.C2H6/c1-4-27(20-30)32-28-18-26(19-28)25-13-11-24(12-14-25)23-9-7-22(8-10-23)6-5-16-33-17-15-31-29(33)21(2)3;1-2/h7-15,17,21,26-28,32H,4,16,18-19H2,1-3H3;1-2H3. The number of nitrogens with zero attached hydrogens (tertiary/aromatic N) is 3. The van der Waals surface area contributed by atoms with Gasteiger partial charge in [0.15, 0.2) is 0 Å². The summed E-state index contributed by atoms with van der Waals surface area (Å²) in [5, 5.41) is 12.6. The molecule has 4 heteroatoms. The predicted octanol–water partition coefficient (Wildman–Crippen LogP) is 6.89. The average Bonchev–Trinajstić information content (AvgIpc) is 3.34. The Morgan fingerprint density at radius 2 is 1.66 bits per heavy atom. The lowest BCUT2D eigenvalue weighted by Crippen LogP contribution is -2.44. The second kappa shape index (κ2) is 12.9. The van der Waals surface area contributed by atoms with E-state index in [4.69, 9.17) is 5.26 Å². The van der Waals surface area contributed by atoms with E-state index in [-0.39, 0.29) is 6.04 Å². The largest absolute Gasteiger partial charge is 0.323 e. The van der Waals surface area contributed by atoms with Gasteiger partial charge in [-0.2, -0.15) is 5.26 Å². The summed E-state index contributed by atoms with van der Waals surface area (Å²) in [6.45, 7) is 11.0. The normalized spacial score (nSPS) is 17.3. The van der Waals surface area contributed by atoms with Crippen molar-refractivity contribution in [3.05, 3.63) is 77.9 Å². The summed E-state index contributed by atoms with van der Waals surface area (Å²) in [5.41, 5.74) is 4.85. The highest BCUT2D eigenvalue weighted by molar-refractivity contribution is 5.64. The third-order valence-electron chi connectivity index (χ3n) is 6.49. The quantitative estimate of drug-likeness (QED) is 0.386. The number of hydrogen-bond acceptors (Lipinski definition) is 3. The van der Waals surface area contributed by atoms with Gasteiger partial charge in [0.25, 0.3) is 0 Å². The van der Waals surface area contributed by atoms with E-state index >= 15 is 0 Å². The Kier molecular flexibility index (Phi) is 9.71. The molecular weight excluding hydrogens is 428 g/mol. The molecule has 1 aliphatic rings. The number of benzene rings is 2. The number of nitrogens with one attached hydrogen (secondary N) is 1. The molecule has 1 N–H and O–H groups in total. The molecule has 0 saturated heterocycles. The van der Waals surface area contributed by atoms with Crippen molar-refractivity contribution in [2.45, 2.75) is 84.3 Å². The fourth-order valence-electron chi connectivity index (χ4n) is 4.43. The minimum atomic E-state index is -0.0191. The maximum atomic E-state index is 9.12. The van der Waals surface area contributed by atoms with E-state index < -0.39 is 0 Å². The Morgan fingerprint density at radius 3 is 2.23 bits per heavy atom. The van der Waals surface area contributed by atoms with Crippen LogP contribution in [-0.2, 0) is 6.54 Å². The molecule has 1 atom stereocenters. The minimum absolute atomic E-state index is 0.0191. The van der Waals surface area contributed by atoms with E-state index in [2.05, 4.69) is 102 Å². The number of aromatic nitrogens is 2. The third kappa shape index (κ3) is 6.84. The van der Waals surface area contributed by atoms with Crippen molar-refractivity contribution < 1.29 is 0 Å². The topological polar surface area (TPSA) is 53.6 Å². The van der Waals surface area contributed by atoms with Crippen molar-refractivity contribution in [2.75, 3.05) is 0 Å². The molecule has 0 radical (unpaired) electrons. The highest BCUT2D eigenvalue weighted by atomic mass is 15.1. The Bertz CT molecular complexity index is 1150. The van der Waals surface area contributed by atoms with E-state index in [1.165, 1.54) is 16.7 Å². The summed E-state index contributed by atoms with van der Waals surface area (Å²) < 4.78 is 2.11. The van der Waals surface area contributed by atoms with E-state index in [0.717, 1.165) is 30.7 Å². The lowest BCUT2D eigenvalue weighted by atomic mass is 9.75. The molecule has 1 heterocycles. The van der Waals surface area contributed by atoms with Gasteiger partial charge in [-0.3, -0.25) is 5.32 Å². The van der Waals surface area contributed by atoms with Crippen molar-refractivity contribution in [1.29, 1.82) is 5.26 Å². The van der Waals surface area contributed by atoms with Crippen molar-refractivity contribution >= 4 is 0 Å². The van der Waals surface area contributed by atoms with E-state index in [1.807, 2.05) is 26.2 Å². The Labute approximate surface area is 211 Å². The molecule has 0 spiro atoms. The zero-order chi connectivity index (χ0) is 25.2. The molecule has 1 fully saturated rings. The summed E-state index contributed by atoms with van der Waals surface area (Å²) >= 11 is 0. The number of nitriles is 1. The van der Waals surface area contributed by atoms with Gasteiger partial charge in [-0.1, -0.05) is 82.9 Å². The van der Waals surface area contributed by atoms with E-state index in [9.17, 15) is 0 Å². The van der Waals surface area contributed by atoms with Crippen LogP contribution in [0.3, 0.4) is 0 Å². The molecule has 1 aromatic heterocycles. The zero-order valence-electron chi connectivity index (χ0n) is 21.8. The Morgan fingerprint density at radius 1 is 1.03 bits per heavy atom. The van der Waals surface area contributed by atoms with Crippen LogP contribution in [0.15, 0.2) is 60.9 Å². The van der Waals surface area contributed by atoms with Crippen LogP contribution in [0.2, 0.25) is 0 Å². The molecule has 0 amide bonds. The fourth-order valence-corrected chi connectivity index (χ4v) is 4.43. The van der Waals surface area contributed by atoms with Crippen LogP contribution in [0.5, 0.6) is 0 Å². The molecule has 1 aliphatic carbocycles. The highest BCUT2D eigenvalue weighted by Crippen LogP contribution is 2.37. The Hall–Kier alpha value is -3.34. The minimum Gasteiger partial charge on any atom is -0.323 e. The van der Waals surface area contributed by atoms with Crippen molar-refractivity contribution in [3.63, 3.8) is 0 Å².